The maximum atomic E-state index is 13.3. The smallest absolute Gasteiger partial charge is 0.243 e. The fourth-order valence-electron chi connectivity index (χ4n) is 4.55. The molecule has 1 aromatic heterocycles. The molecule has 2 heterocycles. The average Bonchev–Trinajstić information content (AvgIpc) is 3.75. The Kier molecular flexibility index (Phi) is 7.46. The molecule has 37 heavy (non-hydrogen) atoms. The summed E-state index contributed by atoms with van der Waals surface area (Å²) in [5, 5.41) is 9.40. The molecule has 0 unspecified atom stereocenters. The topological polar surface area (TPSA) is 86.7 Å². The highest BCUT2D eigenvalue weighted by Gasteiger charge is 2.40. The van der Waals surface area contributed by atoms with Crippen molar-refractivity contribution in [3.63, 3.8) is 0 Å². The maximum absolute atomic E-state index is 13.3. The normalized spacial score (nSPS) is 16.6. The molecule has 2 aliphatic rings. The molecule has 1 saturated heterocycles. The van der Waals surface area contributed by atoms with Crippen LogP contribution in [0.15, 0.2) is 65.6 Å². The van der Waals surface area contributed by atoms with E-state index in [1.807, 2.05) is 43.3 Å². The number of carbonyl (C=O) groups excluding carboxylic acids is 1. The number of nitrogens with zero attached hydrogens (tertiary/aromatic N) is 5. The third-order valence-electron chi connectivity index (χ3n) is 6.85. The van der Waals surface area contributed by atoms with E-state index in [4.69, 9.17) is 11.6 Å². The lowest BCUT2D eigenvalue weighted by Crippen LogP contribution is -2.45. The van der Waals surface area contributed by atoms with Gasteiger partial charge in [-0.15, -0.1) is 10.2 Å². The lowest BCUT2D eigenvalue weighted by Gasteiger charge is -2.26. The molecule has 0 spiro atoms. The van der Waals surface area contributed by atoms with Gasteiger partial charge in [0.1, 0.15) is 0 Å². The minimum atomic E-state index is -3.73. The number of hydrogen-bond donors (Lipinski definition) is 0. The molecule has 0 N–H and O–H groups in total. The van der Waals surface area contributed by atoms with Gasteiger partial charge in [0.25, 0.3) is 0 Å². The summed E-state index contributed by atoms with van der Waals surface area (Å²) < 4.78 is 28.0. The van der Waals surface area contributed by atoms with Crippen LogP contribution in [0.5, 0.6) is 0 Å². The summed E-state index contributed by atoms with van der Waals surface area (Å²) >= 11 is 6.29. The molecule has 194 valence electrons. The van der Waals surface area contributed by atoms with Gasteiger partial charge in [0.05, 0.1) is 22.2 Å². The molecule has 2 aromatic carbocycles. The summed E-state index contributed by atoms with van der Waals surface area (Å²) in [5.74, 6) is 0.580. The predicted molar refractivity (Wildman–Crippen MR) is 144 cm³/mol. The molecule has 1 aliphatic carbocycles. The lowest BCUT2D eigenvalue weighted by molar-refractivity contribution is -0.131. The van der Waals surface area contributed by atoms with E-state index in [1.165, 1.54) is 4.31 Å². The average molecular weight is 540 g/mol. The first-order valence-corrected chi connectivity index (χ1v) is 14.3. The van der Waals surface area contributed by atoms with Crippen molar-refractivity contribution in [1.82, 2.24) is 19.4 Å². The van der Waals surface area contributed by atoms with Gasteiger partial charge in [0, 0.05) is 37.8 Å². The van der Waals surface area contributed by atoms with Crippen LogP contribution in [0.25, 0.3) is 11.3 Å². The summed E-state index contributed by atoms with van der Waals surface area (Å²) in [7, 11) is -3.73. The van der Waals surface area contributed by atoms with E-state index in [1.54, 1.807) is 29.2 Å². The van der Waals surface area contributed by atoms with Crippen molar-refractivity contribution in [2.75, 3.05) is 37.6 Å². The van der Waals surface area contributed by atoms with E-state index in [-0.39, 0.29) is 23.4 Å². The van der Waals surface area contributed by atoms with Gasteiger partial charge in [-0.25, -0.2) is 8.42 Å². The summed E-state index contributed by atoms with van der Waals surface area (Å²) in [5.41, 5.74) is 2.53. The van der Waals surface area contributed by atoms with E-state index in [0.717, 1.165) is 42.8 Å². The highest BCUT2D eigenvalue weighted by molar-refractivity contribution is 7.89. The van der Waals surface area contributed by atoms with Gasteiger partial charge >= 0.3 is 0 Å². The van der Waals surface area contributed by atoms with Gasteiger partial charge in [-0.1, -0.05) is 47.5 Å². The van der Waals surface area contributed by atoms with Crippen molar-refractivity contribution < 1.29 is 13.2 Å². The first kappa shape index (κ1) is 25.6. The zero-order valence-corrected chi connectivity index (χ0v) is 22.3. The molecule has 10 heteroatoms. The van der Waals surface area contributed by atoms with Crippen LogP contribution in [-0.2, 0) is 14.8 Å². The van der Waals surface area contributed by atoms with E-state index < -0.39 is 10.0 Å². The van der Waals surface area contributed by atoms with Gasteiger partial charge in [0.15, 0.2) is 5.82 Å². The molecular formula is C27H30ClN5O3S. The Morgan fingerprint density at radius 1 is 0.973 bits per heavy atom. The van der Waals surface area contributed by atoms with E-state index in [9.17, 15) is 13.2 Å². The molecule has 0 bridgehead atoms. The molecule has 1 saturated carbocycles. The second kappa shape index (κ2) is 10.8. The van der Waals surface area contributed by atoms with E-state index >= 15 is 0 Å². The fourth-order valence-corrected chi connectivity index (χ4v) is 6.42. The Bertz CT molecular complexity index is 1360. The van der Waals surface area contributed by atoms with E-state index in [2.05, 4.69) is 15.1 Å². The molecule has 5 rings (SSSR count). The quantitative estimate of drug-likeness (QED) is 0.451. The van der Waals surface area contributed by atoms with Gasteiger partial charge in [0.2, 0.25) is 15.9 Å². The van der Waals surface area contributed by atoms with E-state index in [0.29, 0.717) is 30.4 Å². The van der Waals surface area contributed by atoms with Crippen LogP contribution < -0.4 is 4.90 Å². The number of amides is 1. The van der Waals surface area contributed by atoms with Crippen molar-refractivity contribution in [2.24, 2.45) is 0 Å². The van der Waals surface area contributed by atoms with Crippen molar-refractivity contribution in [1.29, 1.82) is 0 Å². The minimum Gasteiger partial charge on any atom is -0.353 e. The number of benzene rings is 2. The van der Waals surface area contributed by atoms with Crippen molar-refractivity contribution in [3.8, 4) is 11.3 Å². The van der Waals surface area contributed by atoms with Crippen LogP contribution in [0, 0.1) is 6.92 Å². The number of halogens is 1. The fraction of sp³-hybridized carbons (Fsp3) is 0.370. The molecule has 1 amide bonds. The second-order valence-corrected chi connectivity index (χ2v) is 11.9. The van der Waals surface area contributed by atoms with Crippen LogP contribution in [0.4, 0.5) is 5.82 Å². The van der Waals surface area contributed by atoms with Gasteiger partial charge < -0.3 is 9.80 Å². The molecule has 3 aromatic rings. The van der Waals surface area contributed by atoms with Crippen LogP contribution in [0.2, 0.25) is 5.02 Å². The van der Waals surface area contributed by atoms with Crippen molar-refractivity contribution in [3.05, 3.63) is 71.2 Å². The number of carbonyl (C=O) groups is 1. The zero-order chi connectivity index (χ0) is 26.0. The molecule has 0 atom stereocenters. The Hall–Kier alpha value is -3.01. The monoisotopic (exact) mass is 539 g/mol. The number of hydrogen-bond acceptors (Lipinski definition) is 6. The summed E-state index contributed by atoms with van der Waals surface area (Å²) in [6, 6.07) is 18.0. The van der Waals surface area contributed by atoms with Crippen LogP contribution in [0.1, 0.15) is 24.8 Å². The standard InChI is InChI=1S/C27H30ClN5O3S/c1-20-7-11-22(12-8-20)37(35,36)33(21-9-10-21)19-27(34)32-16-4-15-31(17-18-32)26-14-13-25(29-30-26)23-5-2-3-6-24(23)28/h2-3,5-8,11-14,21H,4,9-10,15-19H2,1H3. The predicted octanol–water partition coefficient (Wildman–Crippen LogP) is 4.00. The Balaban J connectivity index is 1.24. The molecule has 2 fully saturated rings. The molecular weight excluding hydrogens is 510 g/mol. The third-order valence-corrected chi connectivity index (χ3v) is 9.09. The van der Waals surface area contributed by atoms with Crippen molar-refractivity contribution in [2.45, 2.75) is 37.1 Å². The maximum Gasteiger partial charge on any atom is 0.243 e. The summed E-state index contributed by atoms with van der Waals surface area (Å²) in [4.78, 5) is 17.4. The number of rotatable bonds is 7. The highest BCUT2D eigenvalue weighted by Crippen LogP contribution is 2.32. The Labute approximate surface area is 222 Å². The largest absolute Gasteiger partial charge is 0.353 e. The van der Waals surface area contributed by atoms with Crippen molar-refractivity contribution >= 4 is 33.3 Å². The minimum absolute atomic E-state index is 0.106. The second-order valence-electron chi connectivity index (χ2n) is 9.57. The van der Waals surface area contributed by atoms with Crippen LogP contribution >= 0.6 is 11.6 Å². The third kappa shape index (κ3) is 5.79. The Morgan fingerprint density at radius 3 is 2.41 bits per heavy atom. The highest BCUT2D eigenvalue weighted by atomic mass is 35.5. The number of aromatic nitrogens is 2. The SMILES string of the molecule is Cc1ccc(S(=O)(=O)N(CC(=O)N2CCCN(c3ccc(-c4ccccc4Cl)nn3)CC2)C2CC2)cc1. The number of anilines is 1. The molecule has 0 radical (unpaired) electrons. The van der Waals surface area contributed by atoms with Crippen LogP contribution in [0.3, 0.4) is 0 Å². The summed E-state index contributed by atoms with van der Waals surface area (Å²) in [6.07, 6.45) is 2.33. The number of aryl methyl sites for hydroxylation is 1. The molecule has 1 aliphatic heterocycles. The lowest BCUT2D eigenvalue weighted by atomic mass is 10.1. The van der Waals surface area contributed by atoms with Gasteiger partial charge in [-0.2, -0.15) is 4.31 Å². The first-order valence-electron chi connectivity index (χ1n) is 12.5. The van der Waals surface area contributed by atoms with Gasteiger partial charge in [-0.05, 0) is 56.5 Å². The summed E-state index contributed by atoms with van der Waals surface area (Å²) in [6.45, 7) is 4.19. The van der Waals surface area contributed by atoms with Crippen LogP contribution in [-0.4, -0.2) is 72.5 Å². The Morgan fingerprint density at radius 2 is 1.73 bits per heavy atom. The number of sulfonamides is 1. The van der Waals surface area contributed by atoms with Gasteiger partial charge in [-0.3, -0.25) is 4.79 Å². The molecule has 8 nitrogen and oxygen atoms in total. The zero-order valence-electron chi connectivity index (χ0n) is 20.8. The first-order chi connectivity index (χ1) is 17.8.